The Morgan fingerprint density at radius 1 is 0.844 bits per heavy atom. The highest BCUT2D eigenvalue weighted by Gasteiger charge is 2.15. The van der Waals surface area contributed by atoms with E-state index >= 15 is 0 Å². The molecular weight excluding hydrogens is 412 g/mol. The molecule has 2 amide bonds. The second-order valence-corrected chi connectivity index (χ2v) is 6.72. The number of para-hydroxylation sites is 1. The zero-order valence-electron chi connectivity index (χ0n) is 18.1. The maximum atomic E-state index is 12.5. The summed E-state index contributed by atoms with van der Waals surface area (Å²) in [6.07, 6.45) is 0.854. The average molecular weight is 438 g/mol. The number of hydrogen-bond acceptors (Lipinski definition) is 6. The third kappa shape index (κ3) is 6.28. The number of hydrogen-bond donors (Lipinski definition) is 2. The first kappa shape index (κ1) is 22.7. The lowest BCUT2D eigenvalue weighted by molar-refractivity contribution is 0.0828. The highest BCUT2D eigenvalue weighted by molar-refractivity contribution is 5.98. The molecule has 0 unspecified atom stereocenters. The summed E-state index contributed by atoms with van der Waals surface area (Å²) >= 11 is 0. The van der Waals surface area contributed by atoms with Crippen LogP contribution in [-0.4, -0.2) is 25.0 Å². The number of furan rings is 1. The fourth-order valence-corrected chi connectivity index (χ4v) is 2.74. The number of rotatable bonds is 10. The van der Waals surface area contributed by atoms with Crippen molar-refractivity contribution in [3.05, 3.63) is 77.7 Å². The van der Waals surface area contributed by atoms with E-state index < -0.39 is 11.8 Å². The Labute approximate surface area is 186 Å². The minimum atomic E-state index is -0.586. The van der Waals surface area contributed by atoms with Crippen LogP contribution in [0.1, 0.15) is 46.9 Å². The van der Waals surface area contributed by atoms with Crippen molar-refractivity contribution in [2.24, 2.45) is 0 Å². The number of benzene rings is 2. The molecule has 8 heteroatoms. The van der Waals surface area contributed by atoms with Gasteiger partial charge in [0.15, 0.2) is 17.3 Å². The Hall–Kier alpha value is -3.94. The number of carbonyl (C=O) groups excluding carboxylic acids is 2. The zero-order chi connectivity index (χ0) is 22.8. The molecule has 2 N–H and O–H groups in total. The number of amides is 2. The first-order valence-corrected chi connectivity index (χ1v) is 10.4. The quantitative estimate of drug-likeness (QED) is 0.462. The molecule has 0 saturated heterocycles. The van der Waals surface area contributed by atoms with E-state index in [0.29, 0.717) is 41.8 Å². The lowest BCUT2D eigenvalue weighted by Crippen LogP contribution is -2.41. The van der Waals surface area contributed by atoms with Crippen LogP contribution in [0.3, 0.4) is 0 Å². The molecule has 0 aliphatic heterocycles. The zero-order valence-corrected chi connectivity index (χ0v) is 18.1. The maximum absolute atomic E-state index is 12.5. The molecule has 0 aliphatic rings. The molecule has 168 valence electrons. The molecular formula is C24H26N2O6. The predicted octanol–water partition coefficient (Wildman–Crippen LogP) is 4.12. The van der Waals surface area contributed by atoms with Crippen molar-refractivity contribution in [2.45, 2.75) is 26.9 Å². The van der Waals surface area contributed by atoms with E-state index in [2.05, 4.69) is 10.9 Å². The van der Waals surface area contributed by atoms with E-state index in [1.807, 2.05) is 44.2 Å². The van der Waals surface area contributed by atoms with Gasteiger partial charge in [-0.1, -0.05) is 25.1 Å². The van der Waals surface area contributed by atoms with Gasteiger partial charge in [0.05, 0.1) is 13.2 Å². The van der Waals surface area contributed by atoms with Crippen LogP contribution in [0.4, 0.5) is 0 Å². The summed E-state index contributed by atoms with van der Waals surface area (Å²) in [5.74, 6) is 1.17. The molecule has 1 aromatic heterocycles. The first-order chi connectivity index (χ1) is 15.6. The topological polar surface area (TPSA) is 99.0 Å². The summed E-state index contributed by atoms with van der Waals surface area (Å²) in [5.41, 5.74) is 5.02. The van der Waals surface area contributed by atoms with Gasteiger partial charge in [-0.05, 0) is 55.8 Å². The minimum absolute atomic E-state index is 0.0512. The standard InChI is InChI=1S/C24H26N2O6/c1-3-14-30-20-12-10-17(15-22(20)29-4-2)23(27)25-26-24(28)21-13-11-19(32-21)16-31-18-8-6-5-7-9-18/h5-13,15H,3-4,14,16H2,1-2H3,(H,25,27)(H,26,28). The van der Waals surface area contributed by atoms with Gasteiger partial charge in [0.25, 0.3) is 5.91 Å². The fraction of sp³-hybridized carbons (Fsp3) is 0.250. The minimum Gasteiger partial charge on any atom is -0.490 e. The van der Waals surface area contributed by atoms with Gasteiger partial charge in [0, 0.05) is 5.56 Å². The van der Waals surface area contributed by atoms with Crippen molar-refractivity contribution < 1.29 is 28.2 Å². The fourth-order valence-electron chi connectivity index (χ4n) is 2.74. The Balaban J connectivity index is 1.54. The third-order valence-corrected chi connectivity index (χ3v) is 4.27. The normalized spacial score (nSPS) is 10.3. The third-order valence-electron chi connectivity index (χ3n) is 4.27. The lowest BCUT2D eigenvalue weighted by atomic mass is 10.2. The van der Waals surface area contributed by atoms with Gasteiger partial charge in [0.2, 0.25) is 0 Å². The number of carbonyl (C=O) groups is 2. The molecule has 2 aromatic carbocycles. The summed E-state index contributed by atoms with van der Waals surface area (Å²) in [6, 6.07) is 17.3. The molecule has 3 aromatic rings. The SMILES string of the molecule is CCCOc1ccc(C(=O)NNC(=O)c2ccc(COc3ccccc3)o2)cc1OCC. The molecule has 0 fully saturated rings. The molecule has 1 heterocycles. The highest BCUT2D eigenvalue weighted by atomic mass is 16.5. The summed E-state index contributed by atoms with van der Waals surface area (Å²) in [6.45, 7) is 5.00. The van der Waals surface area contributed by atoms with Crippen LogP contribution in [0.2, 0.25) is 0 Å². The summed E-state index contributed by atoms with van der Waals surface area (Å²) in [5, 5.41) is 0. The number of ether oxygens (including phenoxy) is 3. The van der Waals surface area contributed by atoms with Crippen LogP contribution in [0, 0.1) is 0 Å². The van der Waals surface area contributed by atoms with E-state index in [9.17, 15) is 9.59 Å². The largest absolute Gasteiger partial charge is 0.490 e. The predicted molar refractivity (Wildman–Crippen MR) is 118 cm³/mol. The van der Waals surface area contributed by atoms with Crippen molar-refractivity contribution in [2.75, 3.05) is 13.2 Å². The van der Waals surface area contributed by atoms with E-state index in [1.54, 1.807) is 24.3 Å². The van der Waals surface area contributed by atoms with Crippen molar-refractivity contribution in [1.82, 2.24) is 10.9 Å². The molecule has 3 rings (SSSR count). The van der Waals surface area contributed by atoms with E-state index in [1.165, 1.54) is 6.07 Å². The Morgan fingerprint density at radius 3 is 2.38 bits per heavy atom. The first-order valence-electron chi connectivity index (χ1n) is 10.4. The maximum Gasteiger partial charge on any atom is 0.305 e. The van der Waals surface area contributed by atoms with Gasteiger partial charge < -0.3 is 18.6 Å². The van der Waals surface area contributed by atoms with Crippen LogP contribution in [0.15, 0.2) is 65.1 Å². The lowest BCUT2D eigenvalue weighted by Gasteiger charge is -2.13. The van der Waals surface area contributed by atoms with Crippen LogP contribution in [0.25, 0.3) is 0 Å². The van der Waals surface area contributed by atoms with Gasteiger partial charge in [-0.3, -0.25) is 20.4 Å². The summed E-state index contributed by atoms with van der Waals surface area (Å²) < 4.78 is 22.3. The smallest absolute Gasteiger partial charge is 0.305 e. The van der Waals surface area contributed by atoms with Gasteiger partial charge in [-0.2, -0.15) is 0 Å². The Kier molecular flexibility index (Phi) is 8.14. The second-order valence-electron chi connectivity index (χ2n) is 6.72. The Morgan fingerprint density at radius 2 is 1.62 bits per heavy atom. The highest BCUT2D eigenvalue weighted by Crippen LogP contribution is 2.28. The molecule has 0 saturated carbocycles. The van der Waals surface area contributed by atoms with E-state index in [4.69, 9.17) is 18.6 Å². The van der Waals surface area contributed by atoms with Crippen LogP contribution in [-0.2, 0) is 6.61 Å². The van der Waals surface area contributed by atoms with Crippen molar-refractivity contribution in [3.63, 3.8) is 0 Å². The average Bonchev–Trinajstić information content (AvgIpc) is 3.30. The molecule has 0 atom stereocenters. The summed E-state index contributed by atoms with van der Waals surface area (Å²) in [7, 11) is 0. The van der Waals surface area contributed by atoms with Gasteiger partial charge >= 0.3 is 5.91 Å². The molecule has 0 spiro atoms. The molecule has 8 nitrogen and oxygen atoms in total. The van der Waals surface area contributed by atoms with Gasteiger partial charge in [-0.15, -0.1) is 0 Å². The molecule has 0 bridgehead atoms. The van der Waals surface area contributed by atoms with Crippen molar-refractivity contribution in [1.29, 1.82) is 0 Å². The molecule has 32 heavy (non-hydrogen) atoms. The number of hydrazine groups is 1. The van der Waals surface area contributed by atoms with Crippen LogP contribution < -0.4 is 25.1 Å². The van der Waals surface area contributed by atoms with Crippen LogP contribution >= 0.6 is 0 Å². The van der Waals surface area contributed by atoms with Gasteiger partial charge in [-0.25, -0.2) is 0 Å². The monoisotopic (exact) mass is 438 g/mol. The molecule has 0 radical (unpaired) electrons. The van der Waals surface area contributed by atoms with E-state index in [0.717, 1.165) is 6.42 Å². The van der Waals surface area contributed by atoms with E-state index in [-0.39, 0.29) is 12.4 Å². The van der Waals surface area contributed by atoms with Crippen molar-refractivity contribution >= 4 is 11.8 Å². The second kappa shape index (κ2) is 11.5. The van der Waals surface area contributed by atoms with Crippen molar-refractivity contribution in [3.8, 4) is 17.2 Å². The Bertz CT molecular complexity index is 1030. The van der Waals surface area contributed by atoms with Crippen LogP contribution in [0.5, 0.6) is 17.2 Å². The van der Waals surface area contributed by atoms with Gasteiger partial charge in [0.1, 0.15) is 18.1 Å². The summed E-state index contributed by atoms with van der Waals surface area (Å²) in [4.78, 5) is 24.8. The molecule has 0 aliphatic carbocycles. The number of nitrogens with one attached hydrogen (secondary N) is 2.